The monoisotopic (exact) mass is 486 g/mol. The van der Waals surface area contributed by atoms with Gasteiger partial charge in [-0.3, -0.25) is 14.2 Å². The van der Waals surface area contributed by atoms with Crippen LogP contribution in [0.2, 0.25) is 5.02 Å². The van der Waals surface area contributed by atoms with E-state index in [0.29, 0.717) is 10.7 Å². The summed E-state index contributed by atoms with van der Waals surface area (Å²) < 4.78 is 6.96. The van der Waals surface area contributed by atoms with Crippen molar-refractivity contribution in [3.05, 3.63) is 69.5 Å². The number of nitrogens with zero attached hydrogens (tertiary/aromatic N) is 2. The number of aromatic nitrogens is 2. The van der Waals surface area contributed by atoms with Gasteiger partial charge in [-0.2, -0.15) is 0 Å². The van der Waals surface area contributed by atoms with Crippen molar-refractivity contribution in [1.29, 1.82) is 0 Å². The molecule has 0 saturated heterocycles. The molecule has 1 aromatic carbocycles. The van der Waals surface area contributed by atoms with Gasteiger partial charge in [0.1, 0.15) is 0 Å². The van der Waals surface area contributed by atoms with Crippen LogP contribution in [0.4, 0.5) is 5.69 Å². The molecule has 3 rings (SSSR count). The van der Waals surface area contributed by atoms with Crippen LogP contribution in [0.1, 0.15) is 22.5 Å². The SMILES string of the molecule is Cc1c(Cl)cccc1NC(=O)CNC(=O)COC(=O)/C=C/c1cc(C)n(-c2nccs2)c1C. The van der Waals surface area contributed by atoms with E-state index in [-0.39, 0.29) is 6.54 Å². The standard InChI is InChI=1S/C23H23ClN4O4S/c1-14-11-17(16(3)28(14)23-25-9-10-33-23)7-8-22(31)32-13-21(30)26-12-20(29)27-19-6-4-5-18(24)15(19)2/h4-11H,12-13H2,1-3H3,(H,26,30)(H,27,29)/b8-7+. The van der Waals surface area contributed by atoms with Gasteiger partial charge in [0.2, 0.25) is 5.91 Å². The molecular weight excluding hydrogens is 464 g/mol. The highest BCUT2D eigenvalue weighted by atomic mass is 35.5. The third kappa shape index (κ3) is 6.30. The largest absolute Gasteiger partial charge is 0.452 e. The lowest BCUT2D eigenvalue weighted by Crippen LogP contribution is -2.35. The normalized spacial score (nSPS) is 10.9. The first-order valence-electron chi connectivity index (χ1n) is 10.0. The van der Waals surface area contributed by atoms with Crippen molar-refractivity contribution in [2.45, 2.75) is 20.8 Å². The van der Waals surface area contributed by atoms with E-state index in [4.69, 9.17) is 16.3 Å². The van der Waals surface area contributed by atoms with E-state index in [1.54, 1.807) is 37.4 Å². The number of benzene rings is 1. The Morgan fingerprint density at radius 2 is 2.00 bits per heavy atom. The van der Waals surface area contributed by atoms with Gasteiger partial charge in [-0.1, -0.05) is 17.7 Å². The molecule has 0 aliphatic heterocycles. The molecule has 2 N–H and O–H groups in total. The molecule has 2 amide bonds. The molecule has 0 aliphatic carbocycles. The molecule has 0 aliphatic rings. The molecule has 172 valence electrons. The molecule has 0 atom stereocenters. The van der Waals surface area contributed by atoms with Crippen molar-refractivity contribution >= 4 is 52.5 Å². The Morgan fingerprint density at radius 1 is 1.21 bits per heavy atom. The second-order valence-corrected chi connectivity index (χ2v) is 8.44. The van der Waals surface area contributed by atoms with E-state index in [2.05, 4.69) is 15.6 Å². The molecule has 0 spiro atoms. The predicted molar refractivity (Wildman–Crippen MR) is 129 cm³/mol. The topological polar surface area (TPSA) is 102 Å². The minimum Gasteiger partial charge on any atom is -0.452 e. The smallest absolute Gasteiger partial charge is 0.331 e. The fourth-order valence-corrected chi connectivity index (χ4v) is 4.01. The Balaban J connectivity index is 1.46. The van der Waals surface area contributed by atoms with Crippen molar-refractivity contribution in [3.63, 3.8) is 0 Å². The average molecular weight is 487 g/mol. The van der Waals surface area contributed by atoms with E-state index in [9.17, 15) is 14.4 Å². The van der Waals surface area contributed by atoms with Crippen LogP contribution in [-0.4, -0.2) is 40.5 Å². The third-order valence-electron chi connectivity index (χ3n) is 4.81. The van der Waals surface area contributed by atoms with Crippen molar-refractivity contribution in [2.75, 3.05) is 18.5 Å². The van der Waals surface area contributed by atoms with E-state index < -0.39 is 24.4 Å². The summed E-state index contributed by atoms with van der Waals surface area (Å²) in [7, 11) is 0. The summed E-state index contributed by atoms with van der Waals surface area (Å²) in [6.45, 7) is 4.91. The number of rotatable bonds is 8. The number of hydrogen-bond acceptors (Lipinski definition) is 6. The Morgan fingerprint density at radius 3 is 2.73 bits per heavy atom. The second-order valence-electron chi connectivity index (χ2n) is 7.15. The van der Waals surface area contributed by atoms with E-state index in [1.807, 2.05) is 29.9 Å². The van der Waals surface area contributed by atoms with Crippen LogP contribution in [0, 0.1) is 20.8 Å². The Hall–Kier alpha value is -3.43. The fourth-order valence-electron chi connectivity index (χ4n) is 3.09. The lowest BCUT2D eigenvalue weighted by molar-refractivity contribution is -0.143. The summed E-state index contributed by atoms with van der Waals surface area (Å²) in [6.07, 6.45) is 4.63. The number of carbonyl (C=O) groups excluding carboxylic acids is 3. The van der Waals surface area contributed by atoms with E-state index in [1.165, 1.54) is 17.4 Å². The van der Waals surface area contributed by atoms with E-state index in [0.717, 1.165) is 27.6 Å². The zero-order valence-electron chi connectivity index (χ0n) is 18.3. The van der Waals surface area contributed by atoms with Gasteiger partial charge in [-0.15, -0.1) is 11.3 Å². The van der Waals surface area contributed by atoms with Gasteiger partial charge < -0.3 is 15.4 Å². The number of nitrogens with one attached hydrogen (secondary N) is 2. The maximum atomic E-state index is 12.0. The summed E-state index contributed by atoms with van der Waals surface area (Å²) >= 11 is 7.54. The molecule has 0 unspecified atom stereocenters. The maximum absolute atomic E-state index is 12.0. The Bertz CT molecular complexity index is 1200. The van der Waals surface area contributed by atoms with E-state index >= 15 is 0 Å². The molecule has 0 radical (unpaired) electrons. The van der Waals surface area contributed by atoms with Gasteiger partial charge in [0.15, 0.2) is 11.7 Å². The number of halogens is 1. The van der Waals surface area contributed by atoms with Crippen LogP contribution in [0.5, 0.6) is 0 Å². The van der Waals surface area contributed by atoms with Gasteiger partial charge in [-0.25, -0.2) is 9.78 Å². The van der Waals surface area contributed by atoms with Gasteiger partial charge in [0.25, 0.3) is 5.91 Å². The van der Waals surface area contributed by atoms with Crippen molar-refractivity contribution in [3.8, 4) is 5.13 Å². The van der Waals surface area contributed by atoms with Crippen LogP contribution in [0.25, 0.3) is 11.2 Å². The van der Waals surface area contributed by atoms with Crippen LogP contribution in [0.3, 0.4) is 0 Å². The summed E-state index contributed by atoms with van der Waals surface area (Å²) in [5.74, 6) is -1.67. The van der Waals surface area contributed by atoms with Crippen LogP contribution in [0.15, 0.2) is 41.9 Å². The molecule has 2 aromatic heterocycles. The summed E-state index contributed by atoms with van der Waals surface area (Å²) in [5.41, 5.74) is 4.06. The molecule has 0 fully saturated rings. The molecule has 3 aromatic rings. The zero-order chi connectivity index (χ0) is 24.0. The zero-order valence-corrected chi connectivity index (χ0v) is 19.9. The van der Waals surface area contributed by atoms with Crippen molar-refractivity contribution < 1.29 is 19.1 Å². The number of ether oxygens (including phenoxy) is 1. The van der Waals surface area contributed by atoms with Gasteiger partial charge in [0.05, 0.1) is 6.54 Å². The highest BCUT2D eigenvalue weighted by Crippen LogP contribution is 2.23. The summed E-state index contributed by atoms with van der Waals surface area (Å²) in [5, 5.41) is 8.35. The number of aryl methyl sites for hydroxylation is 1. The molecule has 0 bridgehead atoms. The third-order valence-corrected chi connectivity index (χ3v) is 5.98. The number of amides is 2. The van der Waals surface area contributed by atoms with Gasteiger partial charge in [0, 0.05) is 39.8 Å². The Kier molecular flexibility index (Phi) is 8.02. The van der Waals surface area contributed by atoms with Crippen molar-refractivity contribution in [1.82, 2.24) is 14.9 Å². The number of esters is 1. The molecule has 10 heteroatoms. The summed E-state index contributed by atoms with van der Waals surface area (Å²) in [4.78, 5) is 40.3. The quantitative estimate of drug-likeness (QED) is 0.372. The number of anilines is 1. The van der Waals surface area contributed by atoms with Crippen molar-refractivity contribution in [2.24, 2.45) is 0 Å². The predicted octanol–water partition coefficient (Wildman–Crippen LogP) is 3.82. The molecular formula is C23H23ClN4O4S. The minimum absolute atomic E-state index is 0.263. The van der Waals surface area contributed by atoms with Crippen LogP contribution < -0.4 is 10.6 Å². The molecule has 33 heavy (non-hydrogen) atoms. The summed E-state index contributed by atoms with van der Waals surface area (Å²) in [6, 6.07) is 7.08. The Labute approximate surface area is 200 Å². The lowest BCUT2D eigenvalue weighted by atomic mass is 10.2. The van der Waals surface area contributed by atoms with Crippen LogP contribution in [-0.2, 0) is 19.1 Å². The highest BCUT2D eigenvalue weighted by Gasteiger charge is 2.12. The first-order chi connectivity index (χ1) is 15.8. The molecule has 8 nitrogen and oxygen atoms in total. The lowest BCUT2D eigenvalue weighted by Gasteiger charge is -2.10. The fraction of sp³-hybridized carbons (Fsp3) is 0.217. The van der Waals surface area contributed by atoms with Gasteiger partial charge >= 0.3 is 5.97 Å². The maximum Gasteiger partial charge on any atom is 0.331 e. The number of thiazole rings is 1. The first kappa shape index (κ1) is 24.2. The number of hydrogen-bond donors (Lipinski definition) is 2. The molecule has 2 heterocycles. The highest BCUT2D eigenvalue weighted by molar-refractivity contribution is 7.12. The molecule has 0 saturated carbocycles. The van der Waals surface area contributed by atoms with Crippen LogP contribution >= 0.6 is 22.9 Å². The van der Waals surface area contributed by atoms with Gasteiger partial charge in [-0.05, 0) is 56.2 Å². The first-order valence-corrected chi connectivity index (χ1v) is 11.3. The average Bonchev–Trinajstić information content (AvgIpc) is 3.40. The minimum atomic E-state index is -0.664. The number of carbonyl (C=O) groups is 3. The second kappa shape index (κ2) is 10.9.